The molecule has 4 amide bonds. The SMILES string of the molecule is C[C@@H](c1ccccc1)N1C(=O)N[C@@H](CCC(=O)N2CCCC2)C1=O. The molecule has 24 heavy (non-hydrogen) atoms. The lowest BCUT2D eigenvalue weighted by Gasteiger charge is -2.22. The van der Waals surface area contributed by atoms with E-state index in [9.17, 15) is 14.4 Å². The third-order valence-corrected chi connectivity index (χ3v) is 4.83. The third-order valence-electron chi connectivity index (χ3n) is 4.83. The maximum Gasteiger partial charge on any atom is 0.325 e. The molecule has 128 valence electrons. The van der Waals surface area contributed by atoms with E-state index in [0.29, 0.717) is 12.8 Å². The van der Waals surface area contributed by atoms with Gasteiger partial charge in [-0.1, -0.05) is 30.3 Å². The Kier molecular flexibility index (Phi) is 4.83. The van der Waals surface area contributed by atoms with Crippen molar-refractivity contribution in [3.05, 3.63) is 35.9 Å². The molecule has 0 aromatic heterocycles. The molecule has 2 saturated heterocycles. The number of urea groups is 1. The lowest BCUT2D eigenvalue weighted by atomic mass is 10.1. The van der Waals surface area contributed by atoms with Crippen molar-refractivity contribution in [1.29, 1.82) is 0 Å². The summed E-state index contributed by atoms with van der Waals surface area (Å²) in [5, 5.41) is 2.72. The normalized spacial score (nSPS) is 22.0. The monoisotopic (exact) mass is 329 g/mol. The molecule has 3 rings (SSSR count). The van der Waals surface area contributed by atoms with Crippen molar-refractivity contribution in [3.63, 3.8) is 0 Å². The zero-order valence-corrected chi connectivity index (χ0v) is 13.9. The van der Waals surface area contributed by atoms with Gasteiger partial charge in [-0.15, -0.1) is 0 Å². The second kappa shape index (κ2) is 7.03. The van der Waals surface area contributed by atoms with Gasteiger partial charge in [-0.25, -0.2) is 4.79 Å². The molecular formula is C18H23N3O3. The largest absolute Gasteiger partial charge is 0.343 e. The zero-order chi connectivity index (χ0) is 17.1. The van der Waals surface area contributed by atoms with E-state index in [0.717, 1.165) is 31.5 Å². The van der Waals surface area contributed by atoms with Crippen LogP contribution in [0.3, 0.4) is 0 Å². The van der Waals surface area contributed by atoms with E-state index in [1.54, 1.807) is 0 Å². The highest BCUT2D eigenvalue weighted by Gasteiger charge is 2.41. The molecule has 0 spiro atoms. The van der Waals surface area contributed by atoms with Gasteiger partial charge in [0.25, 0.3) is 5.91 Å². The van der Waals surface area contributed by atoms with Crippen molar-refractivity contribution in [3.8, 4) is 0 Å². The summed E-state index contributed by atoms with van der Waals surface area (Å²) in [5.41, 5.74) is 0.912. The number of hydrogen-bond donors (Lipinski definition) is 1. The number of rotatable bonds is 5. The summed E-state index contributed by atoms with van der Waals surface area (Å²) < 4.78 is 0. The molecule has 1 aromatic rings. The van der Waals surface area contributed by atoms with Crippen LogP contribution in [0.2, 0.25) is 0 Å². The van der Waals surface area contributed by atoms with E-state index in [1.807, 2.05) is 42.2 Å². The van der Waals surface area contributed by atoms with Gasteiger partial charge >= 0.3 is 6.03 Å². The van der Waals surface area contributed by atoms with E-state index >= 15 is 0 Å². The second-order valence-corrected chi connectivity index (χ2v) is 6.42. The highest BCUT2D eigenvalue weighted by molar-refractivity contribution is 6.04. The average molecular weight is 329 g/mol. The number of nitrogens with one attached hydrogen (secondary N) is 1. The Bertz CT molecular complexity index is 626. The van der Waals surface area contributed by atoms with Crippen LogP contribution in [0, 0.1) is 0 Å². The molecule has 2 atom stereocenters. The predicted octanol–water partition coefficient (Wildman–Crippen LogP) is 2.07. The van der Waals surface area contributed by atoms with Crippen LogP contribution in [-0.2, 0) is 9.59 Å². The summed E-state index contributed by atoms with van der Waals surface area (Å²) in [6, 6.07) is 8.16. The molecule has 1 N–H and O–H groups in total. The molecule has 2 aliphatic heterocycles. The van der Waals surface area contributed by atoms with Crippen LogP contribution >= 0.6 is 0 Å². The lowest BCUT2D eigenvalue weighted by Crippen LogP contribution is -2.34. The molecular weight excluding hydrogens is 306 g/mol. The Balaban J connectivity index is 1.60. The van der Waals surface area contributed by atoms with Crippen LogP contribution in [0.5, 0.6) is 0 Å². The molecule has 0 unspecified atom stereocenters. The Morgan fingerprint density at radius 2 is 1.88 bits per heavy atom. The molecule has 6 nitrogen and oxygen atoms in total. The van der Waals surface area contributed by atoms with Crippen LogP contribution in [0.15, 0.2) is 30.3 Å². The zero-order valence-electron chi connectivity index (χ0n) is 13.9. The maximum atomic E-state index is 12.6. The first-order chi connectivity index (χ1) is 11.6. The number of likely N-dealkylation sites (tertiary alicyclic amines) is 1. The molecule has 6 heteroatoms. The van der Waals surface area contributed by atoms with Crippen LogP contribution in [0.4, 0.5) is 4.79 Å². The number of hydrogen-bond acceptors (Lipinski definition) is 3. The summed E-state index contributed by atoms with van der Waals surface area (Å²) >= 11 is 0. The van der Waals surface area contributed by atoms with Gasteiger partial charge < -0.3 is 10.2 Å². The molecule has 0 radical (unpaired) electrons. The molecule has 0 aliphatic carbocycles. The molecule has 2 aliphatic rings. The van der Waals surface area contributed by atoms with Gasteiger partial charge in [0.1, 0.15) is 6.04 Å². The Morgan fingerprint density at radius 3 is 2.54 bits per heavy atom. The van der Waals surface area contributed by atoms with Crippen LogP contribution < -0.4 is 5.32 Å². The van der Waals surface area contributed by atoms with Crippen molar-refractivity contribution in [2.24, 2.45) is 0 Å². The number of amides is 4. The summed E-state index contributed by atoms with van der Waals surface area (Å²) in [6.45, 7) is 3.45. The van der Waals surface area contributed by atoms with Gasteiger partial charge in [-0.3, -0.25) is 14.5 Å². The third kappa shape index (κ3) is 3.27. The fraction of sp³-hybridized carbons (Fsp3) is 0.500. The second-order valence-electron chi connectivity index (χ2n) is 6.42. The van der Waals surface area contributed by atoms with Crippen molar-refractivity contribution < 1.29 is 14.4 Å². The molecule has 2 fully saturated rings. The minimum absolute atomic E-state index is 0.0732. The number of nitrogens with zero attached hydrogens (tertiary/aromatic N) is 2. The first-order valence-electron chi connectivity index (χ1n) is 8.54. The summed E-state index contributed by atoms with van der Waals surface area (Å²) in [5.74, 6) is -0.172. The van der Waals surface area contributed by atoms with Crippen molar-refractivity contribution in [2.45, 2.75) is 44.7 Å². The smallest absolute Gasteiger partial charge is 0.325 e. The Hall–Kier alpha value is -2.37. The fourth-order valence-electron chi connectivity index (χ4n) is 3.38. The van der Waals surface area contributed by atoms with Crippen molar-refractivity contribution in [1.82, 2.24) is 15.1 Å². The number of imide groups is 1. The molecule has 0 saturated carbocycles. The highest BCUT2D eigenvalue weighted by Crippen LogP contribution is 2.25. The Morgan fingerprint density at radius 1 is 1.21 bits per heavy atom. The average Bonchev–Trinajstić information content (AvgIpc) is 3.22. The standard InChI is InChI=1S/C18H23N3O3/c1-13(14-7-3-2-4-8-14)21-17(23)15(19-18(21)24)9-10-16(22)20-11-5-6-12-20/h2-4,7-8,13,15H,5-6,9-12H2,1H3,(H,19,24)/t13-,15-/m0/s1. The quantitative estimate of drug-likeness (QED) is 0.841. The van der Waals surface area contributed by atoms with E-state index in [2.05, 4.69) is 5.32 Å². The number of benzene rings is 1. The summed E-state index contributed by atoms with van der Waals surface area (Å²) in [7, 11) is 0. The first kappa shape index (κ1) is 16.5. The summed E-state index contributed by atoms with van der Waals surface area (Å²) in [4.78, 5) is 40.0. The van der Waals surface area contributed by atoms with Crippen LogP contribution in [0.1, 0.15) is 44.2 Å². The number of carbonyl (C=O) groups is 3. The van der Waals surface area contributed by atoms with Gasteiger partial charge in [-0.05, 0) is 31.7 Å². The van der Waals surface area contributed by atoms with Gasteiger partial charge in [0.05, 0.1) is 6.04 Å². The van der Waals surface area contributed by atoms with Gasteiger partial charge in [0.2, 0.25) is 5.91 Å². The van der Waals surface area contributed by atoms with Crippen LogP contribution in [0.25, 0.3) is 0 Å². The van der Waals surface area contributed by atoms with Gasteiger partial charge in [-0.2, -0.15) is 0 Å². The van der Waals surface area contributed by atoms with Crippen LogP contribution in [-0.4, -0.2) is 46.8 Å². The van der Waals surface area contributed by atoms with E-state index in [1.165, 1.54) is 4.90 Å². The van der Waals surface area contributed by atoms with Gasteiger partial charge in [0.15, 0.2) is 0 Å². The lowest BCUT2D eigenvalue weighted by molar-refractivity contribution is -0.131. The maximum absolute atomic E-state index is 12.6. The Labute approximate surface area is 141 Å². The van der Waals surface area contributed by atoms with Crippen molar-refractivity contribution >= 4 is 17.8 Å². The summed E-state index contributed by atoms with van der Waals surface area (Å²) in [6.07, 6.45) is 2.75. The van der Waals surface area contributed by atoms with Gasteiger partial charge in [0, 0.05) is 19.5 Å². The first-order valence-corrected chi connectivity index (χ1v) is 8.54. The predicted molar refractivity (Wildman–Crippen MR) is 89.1 cm³/mol. The minimum atomic E-state index is -0.602. The molecule has 0 bridgehead atoms. The number of carbonyl (C=O) groups excluding carboxylic acids is 3. The molecule has 1 aromatic carbocycles. The minimum Gasteiger partial charge on any atom is -0.343 e. The van der Waals surface area contributed by atoms with E-state index in [-0.39, 0.29) is 23.9 Å². The van der Waals surface area contributed by atoms with E-state index < -0.39 is 6.04 Å². The highest BCUT2D eigenvalue weighted by atomic mass is 16.2. The van der Waals surface area contributed by atoms with E-state index in [4.69, 9.17) is 0 Å². The molecule has 2 heterocycles. The fourth-order valence-corrected chi connectivity index (χ4v) is 3.38. The topological polar surface area (TPSA) is 69.7 Å². The van der Waals surface area contributed by atoms with Crippen molar-refractivity contribution in [2.75, 3.05) is 13.1 Å².